The molecule has 1 fully saturated rings. The lowest BCUT2D eigenvalue weighted by molar-refractivity contribution is -0.115. The van der Waals surface area contributed by atoms with Crippen molar-refractivity contribution in [3.05, 3.63) is 33.7 Å². The fourth-order valence-corrected chi connectivity index (χ4v) is 2.69. The predicted octanol–water partition coefficient (Wildman–Crippen LogP) is 2.50. The van der Waals surface area contributed by atoms with Crippen LogP contribution in [0.4, 0.5) is 0 Å². The molecule has 2 rings (SSSR count). The Bertz CT molecular complexity index is 526. The monoisotopic (exact) mass is 265 g/mol. The molecular formula is C12H11NO2S2. The van der Waals surface area contributed by atoms with Gasteiger partial charge in [0.2, 0.25) is 0 Å². The van der Waals surface area contributed by atoms with Crippen molar-refractivity contribution in [3.63, 3.8) is 0 Å². The SMILES string of the molecule is Cc1cc(/C=C2/SC(=S)NC2=O)cc(C)c1O. The van der Waals surface area contributed by atoms with Crippen molar-refractivity contribution in [2.45, 2.75) is 13.8 Å². The standard InChI is InChI=1S/C12H11NO2S2/c1-6-3-8(4-7(2)10(6)14)5-9-11(15)13-12(16)17-9/h3-5,14H,1-2H3,(H,13,15,16)/b9-5+. The first-order chi connectivity index (χ1) is 7.97. The second-order valence-electron chi connectivity index (χ2n) is 3.86. The molecule has 0 bridgehead atoms. The Labute approximate surface area is 109 Å². The number of aromatic hydroxyl groups is 1. The van der Waals surface area contributed by atoms with Crippen molar-refractivity contribution in [2.75, 3.05) is 0 Å². The van der Waals surface area contributed by atoms with Crippen LogP contribution in [0.1, 0.15) is 16.7 Å². The molecule has 0 radical (unpaired) electrons. The van der Waals surface area contributed by atoms with Gasteiger partial charge in [-0.1, -0.05) is 24.0 Å². The number of thiocarbonyl (C=S) groups is 1. The highest BCUT2D eigenvalue weighted by Crippen LogP contribution is 2.28. The van der Waals surface area contributed by atoms with Crippen LogP contribution in [-0.4, -0.2) is 15.3 Å². The van der Waals surface area contributed by atoms with E-state index >= 15 is 0 Å². The van der Waals surface area contributed by atoms with Crippen LogP contribution < -0.4 is 5.32 Å². The highest BCUT2D eigenvalue weighted by molar-refractivity contribution is 8.26. The lowest BCUT2D eigenvalue weighted by Crippen LogP contribution is -2.17. The number of aryl methyl sites for hydroxylation is 2. The maximum atomic E-state index is 11.5. The number of carbonyl (C=O) groups is 1. The normalized spacial score (nSPS) is 17.6. The van der Waals surface area contributed by atoms with Gasteiger partial charge in [-0.15, -0.1) is 0 Å². The van der Waals surface area contributed by atoms with E-state index in [2.05, 4.69) is 5.32 Å². The first-order valence-corrected chi connectivity index (χ1v) is 6.25. The molecule has 1 aliphatic heterocycles. The highest BCUT2D eigenvalue weighted by Gasteiger charge is 2.21. The first kappa shape index (κ1) is 12.1. The summed E-state index contributed by atoms with van der Waals surface area (Å²) >= 11 is 6.17. The van der Waals surface area contributed by atoms with E-state index in [-0.39, 0.29) is 5.91 Å². The Morgan fingerprint density at radius 1 is 1.35 bits per heavy atom. The minimum Gasteiger partial charge on any atom is -0.507 e. The third kappa shape index (κ3) is 2.50. The molecular weight excluding hydrogens is 254 g/mol. The van der Waals surface area contributed by atoms with Crippen LogP contribution in [0, 0.1) is 13.8 Å². The molecule has 88 valence electrons. The summed E-state index contributed by atoms with van der Waals surface area (Å²) in [4.78, 5) is 12.1. The van der Waals surface area contributed by atoms with E-state index in [4.69, 9.17) is 12.2 Å². The molecule has 0 aliphatic carbocycles. The summed E-state index contributed by atoms with van der Waals surface area (Å²) in [5.41, 5.74) is 2.48. The number of amides is 1. The molecule has 0 unspecified atom stereocenters. The Morgan fingerprint density at radius 3 is 2.41 bits per heavy atom. The summed E-state index contributed by atoms with van der Waals surface area (Å²) < 4.78 is 0.480. The smallest absolute Gasteiger partial charge is 0.263 e. The van der Waals surface area contributed by atoms with Gasteiger partial charge in [0.05, 0.1) is 4.91 Å². The molecule has 0 spiro atoms. The molecule has 1 heterocycles. The van der Waals surface area contributed by atoms with Gasteiger partial charge in [-0.2, -0.15) is 0 Å². The van der Waals surface area contributed by atoms with Gasteiger partial charge >= 0.3 is 0 Å². The predicted molar refractivity (Wildman–Crippen MR) is 73.9 cm³/mol. The van der Waals surface area contributed by atoms with Crippen LogP contribution in [0.5, 0.6) is 5.75 Å². The number of thioether (sulfide) groups is 1. The zero-order valence-corrected chi connectivity index (χ0v) is 11.0. The number of nitrogens with one attached hydrogen (secondary N) is 1. The number of rotatable bonds is 1. The molecule has 3 nitrogen and oxygen atoms in total. The summed E-state index contributed by atoms with van der Waals surface area (Å²) in [6.07, 6.45) is 1.78. The summed E-state index contributed by atoms with van der Waals surface area (Å²) in [7, 11) is 0. The minimum atomic E-state index is -0.164. The van der Waals surface area contributed by atoms with Gasteiger partial charge in [-0.3, -0.25) is 4.79 Å². The fraction of sp³-hybridized carbons (Fsp3) is 0.167. The van der Waals surface area contributed by atoms with Crippen LogP contribution in [0.3, 0.4) is 0 Å². The van der Waals surface area contributed by atoms with Gasteiger partial charge in [0.25, 0.3) is 5.91 Å². The topological polar surface area (TPSA) is 49.3 Å². The van der Waals surface area contributed by atoms with Gasteiger partial charge in [0, 0.05) is 0 Å². The molecule has 0 saturated carbocycles. The molecule has 1 aromatic carbocycles. The zero-order valence-electron chi connectivity index (χ0n) is 9.40. The molecule has 0 aromatic heterocycles. The van der Waals surface area contributed by atoms with E-state index in [0.717, 1.165) is 16.7 Å². The summed E-state index contributed by atoms with van der Waals surface area (Å²) in [6.45, 7) is 3.66. The number of phenols is 1. The largest absolute Gasteiger partial charge is 0.507 e. The van der Waals surface area contributed by atoms with E-state index in [1.54, 1.807) is 6.08 Å². The van der Waals surface area contributed by atoms with Gasteiger partial charge < -0.3 is 10.4 Å². The van der Waals surface area contributed by atoms with Crippen LogP contribution in [-0.2, 0) is 4.79 Å². The van der Waals surface area contributed by atoms with Crippen molar-refractivity contribution in [3.8, 4) is 5.75 Å². The second-order valence-corrected chi connectivity index (χ2v) is 5.57. The highest BCUT2D eigenvalue weighted by atomic mass is 32.2. The first-order valence-electron chi connectivity index (χ1n) is 5.02. The van der Waals surface area contributed by atoms with E-state index in [0.29, 0.717) is 15.0 Å². The van der Waals surface area contributed by atoms with Crippen molar-refractivity contribution < 1.29 is 9.90 Å². The van der Waals surface area contributed by atoms with Gasteiger partial charge in [-0.25, -0.2) is 0 Å². The molecule has 17 heavy (non-hydrogen) atoms. The molecule has 1 saturated heterocycles. The fourth-order valence-electron chi connectivity index (χ4n) is 1.65. The Kier molecular flexibility index (Phi) is 3.22. The number of hydrogen-bond acceptors (Lipinski definition) is 4. The van der Waals surface area contributed by atoms with Crippen LogP contribution in [0.15, 0.2) is 17.0 Å². The van der Waals surface area contributed by atoms with E-state index in [1.807, 2.05) is 26.0 Å². The number of carbonyl (C=O) groups excluding carboxylic acids is 1. The number of phenolic OH excluding ortho intramolecular Hbond substituents is 1. The van der Waals surface area contributed by atoms with Gasteiger partial charge in [-0.05, 0) is 48.7 Å². The third-order valence-corrected chi connectivity index (χ3v) is 3.62. The summed E-state index contributed by atoms with van der Waals surface area (Å²) in [5, 5.41) is 12.2. The van der Waals surface area contributed by atoms with Gasteiger partial charge in [0.1, 0.15) is 10.1 Å². The Morgan fingerprint density at radius 2 is 1.94 bits per heavy atom. The lowest BCUT2D eigenvalue weighted by Gasteiger charge is -2.05. The molecule has 1 amide bonds. The zero-order chi connectivity index (χ0) is 12.6. The van der Waals surface area contributed by atoms with E-state index in [1.165, 1.54) is 11.8 Å². The van der Waals surface area contributed by atoms with E-state index in [9.17, 15) is 9.90 Å². The van der Waals surface area contributed by atoms with Crippen LogP contribution in [0.2, 0.25) is 0 Å². The maximum Gasteiger partial charge on any atom is 0.263 e. The van der Waals surface area contributed by atoms with Crippen molar-refractivity contribution >= 4 is 40.3 Å². The summed E-state index contributed by atoms with van der Waals surface area (Å²) in [6, 6.07) is 3.68. The Balaban J connectivity index is 2.40. The number of hydrogen-bond donors (Lipinski definition) is 2. The second kappa shape index (κ2) is 4.50. The average Bonchev–Trinajstić information content (AvgIpc) is 2.54. The van der Waals surface area contributed by atoms with Crippen LogP contribution in [0.25, 0.3) is 6.08 Å². The van der Waals surface area contributed by atoms with Crippen molar-refractivity contribution in [1.82, 2.24) is 5.32 Å². The quantitative estimate of drug-likeness (QED) is 0.605. The Hall–Kier alpha value is -1.33. The molecule has 1 aromatic rings. The maximum absolute atomic E-state index is 11.5. The molecule has 1 aliphatic rings. The van der Waals surface area contributed by atoms with Crippen molar-refractivity contribution in [2.24, 2.45) is 0 Å². The van der Waals surface area contributed by atoms with E-state index < -0.39 is 0 Å². The number of benzene rings is 1. The van der Waals surface area contributed by atoms with Crippen LogP contribution >= 0.6 is 24.0 Å². The average molecular weight is 265 g/mol. The third-order valence-electron chi connectivity index (χ3n) is 2.45. The minimum absolute atomic E-state index is 0.164. The van der Waals surface area contributed by atoms with Gasteiger partial charge in [0.15, 0.2) is 0 Å². The van der Waals surface area contributed by atoms with Crippen molar-refractivity contribution in [1.29, 1.82) is 0 Å². The summed E-state index contributed by atoms with van der Waals surface area (Å²) in [5.74, 6) is 0.134. The lowest BCUT2D eigenvalue weighted by atomic mass is 10.1. The molecule has 2 N–H and O–H groups in total. The molecule has 5 heteroatoms. The molecule has 0 atom stereocenters.